The van der Waals surface area contributed by atoms with Crippen LogP contribution in [0.25, 0.3) is 0 Å². The standard InChI is InChI=1S/C29H39N3O5/c1-6-16-30(20(4)5)27(36)24-29-15-14-28(8-3,37-29)22(23(29)26(35)32(24)18-19-33)25(34)31(17-7-2)21-12-10-9-11-13-21/h6-7,9-13,20,22-24,33H,1-2,8,14-19H2,3-5H3/t22-,23+,24?,28+,29?/m1/s1. The summed E-state index contributed by atoms with van der Waals surface area (Å²) in [5.41, 5.74) is -1.24. The quantitative estimate of drug-likeness (QED) is 0.464. The van der Waals surface area contributed by atoms with E-state index in [1.165, 1.54) is 4.90 Å². The van der Waals surface area contributed by atoms with E-state index >= 15 is 0 Å². The second kappa shape index (κ2) is 10.4. The molecule has 3 aliphatic rings. The fourth-order valence-corrected chi connectivity index (χ4v) is 6.80. The average molecular weight is 510 g/mol. The third-order valence-corrected chi connectivity index (χ3v) is 8.40. The van der Waals surface area contributed by atoms with E-state index in [1.54, 1.807) is 22.0 Å². The number of ether oxygens (including phenoxy) is 1. The van der Waals surface area contributed by atoms with Gasteiger partial charge in [0.2, 0.25) is 17.7 Å². The SMILES string of the molecule is C=CCN(C(=O)[C@H]1[C@H]2C(=O)N(CCO)C(C(=O)N(CC=C)C(C)C)C23CC[C@]1(CC)O3)c1ccccc1. The van der Waals surface area contributed by atoms with Gasteiger partial charge >= 0.3 is 0 Å². The number of β-amino-alcohol motifs (C(OH)–C–C–N with tert-alkyl or cyclic N) is 1. The second-order valence-corrected chi connectivity index (χ2v) is 10.5. The van der Waals surface area contributed by atoms with Gasteiger partial charge in [-0.25, -0.2) is 0 Å². The minimum atomic E-state index is -1.12. The number of anilines is 1. The van der Waals surface area contributed by atoms with Crippen LogP contribution in [0, 0.1) is 11.8 Å². The zero-order chi connectivity index (χ0) is 27.0. The van der Waals surface area contributed by atoms with Crippen LogP contribution in [0.15, 0.2) is 55.6 Å². The lowest BCUT2D eigenvalue weighted by Crippen LogP contribution is -2.57. The predicted molar refractivity (Wildman–Crippen MR) is 142 cm³/mol. The first-order chi connectivity index (χ1) is 17.7. The number of nitrogens with zero attached hydrogens (tertiary/aromatic N) is 3. The summed E-state index contributed by atoms with van der Waals surface area (Å²) in [5.74, 6) is -2.27. The molecule has 3 amide bonds. The van der Waals surface area contributed by atoms with Gasteiger partial charge in [-0.05, 0) is 45.2 Å². The monoisotopic (exact) mass is 509 g/mol. The van der Waals surface area contributed by atoms with Gasteiger partial charge in [0.15, 0.2) is 0 Å². The first kappa shape index (κ1) is 27.1. The van der Waals surface area contributed by atoms with E-state index in [9.17, 15) is 19.5 Å². The molecule has 4 rings (SSSR count). The molecule has 0 radical (unpaired) electrons. The zero-order valence-electron chi connectivity index (χ0n) is 22.1. The maximum atomic E-state index is 14.3. The van der Waals surface area contributed by atoms with Crippen molar-refractivity contribution >= 4 is 23.4 Å². The molecule has 3 fully saturated rings. The van der Waals surface area contributed by atoms with Crippen LogP contribution in [0.1, 0.15) is 40.0 Å². The maximum Gasteiger partial charge on any atom is 0.248 e. The number of benzene rings is 1. The van der Waals surface area contributed by atoms with Crippen LogP contribution in [0.2, 0.25) is 0 Å². The van der Waals surface area contributed by atoms with Crippen molar-refractivity contribution in [3.8, 4) is 0 Å². The Bertz CT molecular complexity index is 1060. The fourth-order valence-electron chi connectivity index (χ4n) is 6.80. The molecule has 0 aliphatic carbocycles. The molecular formula is C29H39N3O5. The molecule has 0 saturated carbocycles. The van der Waals surface area contributed by atoms with Gasteiger partial charge in [-0.3, -0.25) is 14.4 Å². The van der Waals surface area contributed by atoms with Gasteiger partial charge in [-0.15, -0.1) is 13.2 Å². The second-order valence-electron chi connectivity index (χ2n) is 10.5. The Kier molecular flexibility index (Phi) is 7.62. The molecule has 8 heteroatoms. The number of carbonyl (C=O) groups is 3. The summed E-state index contributed by atoms with van der Waals surface area (Å²) < 4.78 is 6.82. The summed E-state index contributed by atoms with van der Waals surface area (Å²) in [7, 11) is 0. The molecule has 1 aromatic carbocycles. The molecular weight excluding hydrogens is 470 g/mol. The highest BCUT2D eigenvalue weighted by atomic mass is 16.5. The Morgan fingerprint density at radius 1 is 1.16 bits per heavy atom. The molecule has 2 bridgehead atoms. The van der Waals surface area contributed by atoms with E-state index in [2.05, 4.69) is 13.2 Å². The molecule has 200 valence electrons. The predicted octanol–water partition coefficient (Wildman–Crippen LogP) is 2.78. The third-order valence-electron chi connectivity index (χ3n) is 8.40. The number of carbonyl (C=O) groups excluding carboxylic acids is 3. The Morgan fingerprint density at radius 2 is 1.84 bits per heavy atom. The summed E-state index contributed by atoms with van der Waals surface area (Å²) in [6, 6.07) is 8.31. The van der Waals surface area contributed by atoms with Crippen molar-refractivity contribution in [2.24, 2.45) is 11.8 Å². The minimum Gasteiger partial charge on any atom is -0.395 e. The van der Waals surface area contributed by atoms with E-state index in [0.29, 0.717) is 25.8 Å². The van der Waals surface area contributed by atoms with Crippen LogP contribution in [-0.4, -0.2) is 82.2 Å². The normalized spacial score (nSPS) is 29.9. The van der Waals surface area contributed by atoms with E-state index in [1.807, 2.05) is 51.1 Å². The van der Waals surface area contributed by atoms with Crippen molar-refractivity contribution in [2.75, 3.05) is 31.1 Å². The number of likely N-dealkylation sites (tertiary alicyclic amines) is 1. The van der Waals surface area contributed by atoms with Gasteiger partial charge in [0.25, 0.3) is 0 Å². The number of fused-ring (bicyclic) bond motifs is 1. The average Bonchev–Trinajstić information content (AvgIpc) is 3.49. The number of rotatable bonds is 11. The fraction of sp³-hybridized carbons (Fsp3) is 0.552. The summed E-state index contributed by atoms with van der Waals surface area (Å²) in [6.45, 7) is 13.8. The lowest BCUT2D eigenvalue weighted by Gasteiger charge is -2.38. The smallest absolute Gasteiger partial charge is 0.248 e. The van der Waals surface area contributed by atoms with E-state index in [-0.39, 0.29) is 43.5 Å². The third kappa shape index (κ3) is 4.10. The number of para-hydroxylation sites is 1. The highest BCUT2D eigenvalue weighted by molar-refractivity contribution is 6.03. The highest BCUT2D eigenvalue weighted by Gasteiger charge is 2.79. The molecule has 3 heterocycles. The van der Waals surface area contributed by atoms with Gasteiger partial charge in [0.1, 0.15) is 11.6 Å². The van der Waals surface area contributed by atoms with E-state index < -0.39 is 29.1 Å². The molecule has 3 saturated heterocycles. The number of amides is 3. The molecule has 1 N–H and O–H groups in total. The van der Waals surface area contributed by atoms with Gasteiger partial charge in [0.05, 0.1) is 24.0 Å². The van der Waals surface area contributed by atoms with Crippen LogP contribution in [-0.2, 0) is 19.1 Å². The molecule has 2 unspecified atom stereocenters. The van der Waals surface area contributed by atoms with Crippen LogP contribution < -0.4 is 4.90 Å². The molecule has 5 atom stereocenters. The maximum absolute atomic E-state index is 14.3. The van der Waals surface area contributed by atoms with Crippen molar-refractivity contribution in [2.45, 2.75) is 63.3 Å². The number of aliphatic hydroxyl groups excluding tert-OH is 1. The molecule has 8 nitrogen and oxygen atoms in total. The Labute approximate surface area is 219 Å². The molecule has 1 spiro atoms. The van der Waals surface area contributed by atoms with Gasteiger partial charge in [-0.1, -0.05) is 37.3 Å². The number of hydrogen-bond donors (Lipinski definition) is 1. The lowest BCUT2D eigenvalue weighted by molar-refractivity contribution is -0.154. The summed E-state index contributed by atoms with van der Waals surface area (Å²) in [5, 5.41) is 9.84. The molecule has 0 aromatic heterocycles. The van der Waals surface area contributed by atoms with Gasteiger partial charge in [-0.2, -0.15) is 0 Å². The summed E-state index contributed by atoms with van der Waals surface area (Å²) >= 11 is 0. The Morgan fingerprint density at radius 3 is 2.41 bits per heavy atom. The van der Waals surface area contributed by atoms with Crippen molar-refractivity contribution in [1.29, 1.82) is 0 Å². The molecule has 3 aliphatic heterocycles. The number of aliphatic hydroxyl groups is 1. The van der Waals surface area contributed by atoms with E-state index in [0.717, 1.165) is 5.69 Å². The largest absolute Gasteiger partial charge is 0.395 e. The minimum absolute atomic E-state index is 0.00592. The number of hydrogen-bond acceptors (Lipinski definition) is 5. The summed E-state index contributed by atoms with van der Waals surface area (Å²) in [6.07, 6.45) is 4.98. The van der Waals surface area contributed by atoms with Crippen LogP contribution in [0.5, 0.6) is 0 Å². The van der Waals surface area contributed by atoms with Crippen LogP contribution in [0.4, 0.5) is 5.69 Å². The Balaban J connectivity index is 1.82. The molecule has 37 heavy (non-hydrogen) atoms. The van der Waals surface area contributed by atoms with Crippen LogP contribution in [0.3, 0.4) is 0 Å². The lowest BCUT2D eigenvalue weighted by atomic mass is 9.64. The summed E-state index contributed by atoms with van der Waals surface area (Å²) in [4.78, 5) is 47.3. The molecule has 1 aromatic rings. The van der Waals surface area contributed by atoms with E-state index in [4.69, 9.17) is 4.74 Å². The first-order valence-corrected chi connectivity index (χ1v) is 13.2. The zero-order valence-corrected chi connectivity index (χ0v) is 22.1. The highest BCUT2D eigenvalue weighted by Crippen LogP contribution is 2.64. The first-order valence-electron chi connectivity index (χ1n) is 13.2. The van der Waals surface area contributed by atoms with Gasteiger partial charge < -0.3 is 24.5 Å². The van der Waals surface area contributed by atoms with Crippen LogP contribution >= 0.6 is 0 Å². The topological polar surface area (TPSA) is 90.4 Å². The van der Waals surface area contributed by atoms with Crippen molar-refractivity contribution < 1.29 is 24.2 Å². The van der Waals surface area contributed by atoms with Crippen molar-refractivity contribution in [3.05, 3.63) is 55.6 Å². The Hall–Kier alpha value is -2.97. The van der Waals surface area contributed by atoms with Crippen molar-refractivity contribution in [3.63, 3.8) is 0 Å². The van der Waals surface area contributed by atoms with Crippen molar-refractivity contribution in [1.82, 2.24) is 9.80 Å². The van der Waals surface area contributed by atoms with Gasteiger partial charge in [0, 0.05) is 31.4 Å².